The predicted molar refractivity (Wildman–Crippen MR) is 46.7 cm³/mol. The lowest BCUT2D eigenvalue weighted by Crippen LogP contribution is -1.81. The summed E-state index contributed by atoms with van der Waals surface area (Å²) in [5.41, 5.74) is 0. The molecule has 1 aromatic heterocycles. The normalized spacial score (nSPS) is 10.5. The van der Waals surface area contributed by atoms with Gasteiger partial charge in [0.2, 0.25) is 0 Å². The van der Waals surface area contributed by atoms with Gasteiger partial charge in [-0.3, -0.25) is 4.98 Å². The topological polar surface area (TPSA) is 12.9 Å². The Morgan fingerprint density at radius 3 is 2.92 bits per heavy atom. The first-order chi connectivity index (χ1) is 5.79. The highest BCUT2D eigenvalue weighted by molar-refractivity contribution is 6.31. The number of fused-ring (bicyclic) bond motifs is 1. The van der Waals surface area contributed by atoms with Crippen LogP contribution in [-0.2, 0) is 0 Å². The first-order valence-electron chi connectivity index (χ1n) is 3.47. The van der Waals surface area contributed by atoms with Crippen LogP contribution in [0.15, 0.2) is 30.6 Å². The van der Waals surface area contributed by atoms with Crippen LogP contribution in [0.4, 0.5) is 4.39 Å². The second-order valence-electron chi connectivity index (χ2n) is 2.46. The van der Waals surface area contributed by atoms with Gasteiger partial charge in [-0.2, -0.15) is 0 Å². The fraction of sp³-hybridized carbons (Fsp3) is 0. The second kappa shape index (κ2) is 2.72. The van der Waals surface area contributed by atoms with Crippen molar-refractivity contribution >= 4 is 22.4 Å². The van der Waals surface area contributed by atoms with Crippen LogP contribution >= 0.6 is 11.6 Å². The number of nitrogens with zero attached hydrogens (tertiary/aromatic N) is 1. The third-order valence-corrected chi connectivity index (χ3v) is 2.00. The van der Waals surface area contributed by atoms with Crippen molar-refractivity contribution < 1.29 is 4.39 Å². The maximum Gasteiger partial charge on any atom is 0.151 e. The minimum absolute atomic E-state index is 0.135. The van der Waals surface area contributed by atoms with Gasteiger partial charge in [-0.15, -0.1) is 0 Å². The van der Waals surface area contributed by atoms with E-state index in [-0.39, 0.29) is 5.02 Å². The summed E-state index contributed by atoms with van der Waals surface area (Å²) in [6.07, 6.45) is 3.09. The summed E-state index contributed by atoms with van der Waals surface area (Å²) in [4.78, 5) is 3.82. The Hall–Kier alpha value is -1.15. The summed E-state index contributed by atoms with van der Waals surface area (Å²) in [7, 11) is 0. The van der Waals surface area contributed by atoms with Crippen molar-refractivity contribution in [2.24, 2.45) is 0 Å². The molecule has 0 N–H and O–H groups in total. The van der Waals surface area contributed by atoms with E-state index in [1.165, 1.54) is 6.20 Å². The fourth-order valence-electron chi connectivity index (χ4n) is 1.10. The molecule has 1 heterocycles. The van der Waals surface area contributed by atoms with E-state index in [4.69, 9.17) is 11.6 Å². The van der Waals surface area contributed by atoms with Crippen molar-refractivity contribution in [1.29, 1.82) is 0 Å². The molecule has 0 radical (unpaired) electrons. The molecule has 2 rings (SSSR count). The van der Waals surface area contributed by atoms with E-state index in [9.17, 15) is 4.39 Å². The van der Waals surface area contributed by atoms with Crippen molar-refractivity contribution in [3.8, 4) is 0 Å². The van der Waals surface area contributed by atoms with E-state index in [2.05, 4.69) is 4.98 Å². The average molecular weight is 182 g/mol. The Labute approximate surface area is 73.8 Å². The standard InChI is InChI=1S/C9H5ClFN/c10-8-2-1-6-3-4-12-5-7(6)9(8)11/h1-5H. The molecule has 0 bridgehead atoms. The minimum atomic E-state index is -0.401. The lowest BCUT2D eigenvalue weighted by Gasteiger charge is -1.98. The van der Waals surface area contributed by atoms with Gasteiger partial charge >= 0.3 is 0 Å². The van der Waals surface area contributed by atoms with Crippen LogP contribution in [0.5, 0.6) is 0 Å². The number of rotatable bonds is 0. The fourth-order valence-corrected chi connectivity index (χ4v) is 1.26. The summed E-state index contributed by atoms with van der Waals surface area (Å²) in [5.74, 6) is -0.401. The Kier molecular flexibility index (Phi) is 1.70. The van der Waals surface area contributed by atoms with Crippen LogP contribution in [-0.4, -0.2) is 4.98 Å². The number of halogens is 2. The molecule has 1 nitrogen and oxygen atoms in total. The summed E-state index contributed by atoms with van der Waals surface area (Å²) >= 11 is 5.58. The number of benzene rings is 1. The third-order valence-electron chi connectivity index (χ3n) is 1.71. The van der Waals surface area contributed by atoms with Crippen LogP contribution in [0.3, 0.4) is 0 Å². The Morgan fingerprint density at radius 2 is 2.08 bits per heavy atom. The van der Waals surface area contributed by atoms with Gasteiger partial charge in [0.25, 0.3) is 0 Å². The van der Waals surface area contributed by atoms with Crippen molar-refractivity contribution in [1.82, 2.24) is 4.98 Å². The zero-order valence-electron chi connectivity index (χ0n) is 6.09. The van der Waals surface area contributed by atoms with Crippen LogP contribution in [0.25, 0.3) is 10.8 Å². The Morgan fingerprint density at radius 1 is 1.25 bits per heavy atom. The largest absolute Gasteiger partial charge is 0.264 e. The van der Waals surface area contributed by atoms with E-state index < -0.39 is 5.82 Å². The molecule has 0 amide bonds. The molecule has 0 aliphatic heterocycles. The summed E-state index contributed by atoms with van der Waals surface area (Å²) in [5, 5.41) is 1.41. The summed E-state index contributed by atoms with van der Waals surface area (Å²) < 4.78 is 13.2. The van der Waals surface area contributed by atoms with Gasteiger partial charge in [-0.1, -0.05) is 17.7 Å². The quantitative estimate of drug-likeness (QED) is 0.609. The Bertz CT molecular complexity index is 428. The van der Waals surface area contributed by atoms with Gasteiger partial charge < -0.3 is 0 Å². The zero-order valence-corrected chi connectivity index (χ0v) is 6.85. The first kappa shape index (κ1) is 7.50. The number of aromatic nitrogens is 1. The lowest BCUT2D eigenvalue weighted by molar-refractivity contribution is 0.640. The molecule has 0 unspecified atom stereocenters. The van der Waals surface area contributed by atoms with Gasteiger partial charge in [0, 0.05) is 17.8 Å². The number of hydrogen-bond donors (Lipinski definition) is 0. The molecular formula is C9H5ClFN. The molecule has 1 aromatic carbocycles. The van der Waals surface area contributed by atoms with E-state index >= 15 is 0 Å². The maximum absolute atomic E-state index is 13.2. The van der Waals surface area contributed by atoms with E-state index in [0.29, 0.717) is 5.39 Å². The van der Waals surface area contributed by atoms with Crippen LogP contribution in [0, 0.1) is 5.82 Å². The van der Waals surface area contributed by atoms with Gasteiger partial charge in [0.1, 0.15) is 0 Å². The van der Waals surface area contributed by atoms with Gasteiger partial charge in [-0.25, -0.2) is 4.39 Å². The maximum atomic E-state index is 13.2. The molecule has 0 atom stereocenters. The van der Waals surface area contributed by atoms with E-state index in [1.807, 2.05) is 0 Å². The van der Waals surface area contributed by atoms with E-state index in [0.717, 1.165) is 5.39 Å². The molecule has 12 heavy (non-hydrogen) atoms. The molecule has 0 saturated carbocycles. The molecular weight excluding hydrogens is 177 g/mol. The van der Waals surface area contributed by atoms with Crippen LogP contribution in [0.1, 0.15) is 0 Å². The summed E-state index contributed by atoms with van der Waals surface area (Å²) in [6, 6.07) is 5.05. The molecule has 0 aliphatic carbocycles. The van der Waals surface area contributed by atoms with Crippen molar-refractivity contribution in [3.63, 3.8) is 0 Å². The SMILES string of the molecule is Fc1c(Cl)ccc2ccncc12. The van der Waals surface area contributed by atoms with Crippen LogP contribution < -0.4 is 0 Å². The molecule has 0 saturated heterocycles. The highest BCUT2D eigenvalue weighted by Gasteiger charge is 2.03. The van der Waals surface area contributed by atoms with Gasteiger partial charge in [0.15, 0.2) is 5.82 Å². The zero-order chi connectivity index (χ0) is 8.55. The monoisotopic (exact) mass is 181 g/mol. The molecule has 2 aromatic rings. The van der Waals surface area contributed by atoms with Crippen LogP contribution in [0.2, 0.25) is 5.02 Å². The van der Waals surface area contributed by atoms with Gasteiger partial charge in [0.05, 0.1) is 5.02 Å². The highest BCUT2D eigenvalue weighted by Crippen LogP contribution is 2.22. The number of hydrogen-bond acceptors (Lipinski definition) is 1. The molecule has 0 aliphatic rings. The lowest BCUT2D eigenvalue weighted by atomic mass is 10.2. The summed E-state index contributed by atoms with van der Waals surface area (Å²) in [6.45, 7) is 0. The van der Waals surface area contributed by atoms with Crippen molar-refractivity contribution in [2.45, 2.75) is 0 Å². The molecule has 60 valence electrons. The molecule has 3 heteroatoms. The smallest absolute Gasteiger partial charge is 0.151 e. The third kappa shape index (κ3) is 1.04. The van der Waals surface area contributed by atoms with Crippen molar-refractivity contribution in [2.75, 3.05) is 0 Å². The average Bonchev–Trinajstić information content (AvgIpc) is 2.12. The van der Waals surface area contributed by atoms with Crippen molar-refractivity contribution in [3.05, 3.63) is 41.4 Å². The first-order valence-corrected chi connectivity index (χ1v) is 3.84. The molecule has 0 fully saturated rings. The number of pyridine rings is 1. The Balaban J connectivity index is 2.91. The second-order valence-corrected chi connectivity index (χ2v) is 2.87. The van der Waals surface area contributed by atoms with Gasteiger partial charge in [-0.05, 0) is 17.5 Å². The molecule has 0 spiro atoms. The predicted octanol–water partition coefficient (Wildman–Crippen LogP) is 3.03. The van der Waals surface area contributed by atoms with E-state index in [1.54, 1.807) is 24.4 Å². The minimum Gasteiger partial charge on any atom is -0.264 e. The highest BCUT2D eigenvalue weighted by atomic mass is 35.5.